The van der Waals surface area contributed by atoms with E-state index in [4.69, 9.17) is 15.5 Å². The van der Waals surface area contributed by atoms with Gasteiger partial charge in [-0.1, -0.05) is 42.0 Å². The first-order valence-electron chi connectivity index (χ1n) is 11.2. The van der Waals surface area contributed by atoms with E-state index in [1.54, 1.807) is 16.7 Å². The molecule has 35 heavy (non-hydrogen) atoms. The number of nitrogen functional groups attached to an aromatic ring is 1. The van der Waals surface area contributed by atoms with Crippen molar-refractivity contribution in [2.24, 2.45) is 0 Å². The van der Waals surface area contributed by atoms with E-state index < -0.39 is 22.9 Å². The molecule has 1 fully saturated rings. The van der Waals surface area contributed by atoms with Crippen LogP contribution in [0.1, 0.15) is 29.8 Å². The second-order valence-corrected chi connectivity index (χ2v) is 9.02. The Morgan fingerprint density at radius 1 is 1.14 bits per heavy atom. The molecule has 3 aliphatic rings. The number of halogens is 3. The first kappa shape index (κ1) is 21.8. The van der Waals surface area contributed by atoms with Crippen molar-refractivity contribution in [2.45, 2.75) is 24.4 Å². The first-order chi connectivity index (χ1) is 16.8. The van der Waals surface area contributed by atoms with Gasteiger partial charge in [0.15, 0.2) is 0 Å². The van der Waals surface area contributed by atoms with Gasteiger partial charge in [-0.3, -0.25) is 4.40 Å². The number of rotatable bonds is 5. The molecule has 1 saturated carbocycles. The molecule has 1 aliphatic carbocycles. The van der Waals surface area contributed by atoms with Gasteiger partial charge in [0.1, 0.15) is 28.7 Å². The number of aliphatic hydroxyl groups excluding tert-OH is 1. The van der Waals surface area contributed by atoms with Gasteiger partial charge in [-0.25, -0.2) is 14.4 Å². The van der Waals surface area contributed by atoms with Crippen molar-refractivity contribution in [1.82, 2.24) is 14.4 Å². The van der Waals surface area contributed by atoms with Crippen LogP contribution in [-0.2, 0) is 10.7 Å². The Bertz CT molecular complexity index is 1490. The number of nitrogens with zero attached hydrogens (tertiary/aromatic N) is 3. The molecule has 4 heterocycles. The van der Waals surface area contributed by atoms with Crippen LogP contribution in [0.2, 0.25) is 0 Å². The lowest BCUT2D eigenvalue weighted by Crippen LogP contribution is -2.49. The standard InChI is InChI=1S/C26H21F3N4O2/c27-20-10-15(6-7-19(20)26(28,29)17-4-2-1-3-5-17)21-22-23(30)31-8-9-33(22)24(32-21)18-13-35-25(14-34)11-16(18)12-25/h1-10,34H,11-14H2,(H2,30,31). The molecule has 9 heteroatoms. The maximum atomic E-state index is 15.1. The number of alkyl halides is 2. The summed E-state index contributed by atoms with van der Waals surface area (Å²) >= 11 is 0. The largest absolute Gasteiger partial charge is 0.393 e. The molecular weight excluding hydrogens is 457 g/mol. The third kappa shape index (κ3) is 3.26. The van der Waals surface area contributed by atoms with Crippen molar-refractivity contribution < 1.29 is 23.0 Å². The molecule has 0 spiro atoms. The Labute approximate surface area is 198 Å². The minimum Gasteiger partial charge on any atom is -0.393 e. The van der Waals surface area contributed by atoms with Crippen LogP contribution < -0.4 is 5.73 Å². The van der Waals surface area contributed by atoms with Crippen LogP contribution in [-0.4, -0.2) is 38.3 Å². The highest BCUT2D eigenvalue weighted by Gasteiger charge is 2.47. The number of benzene rings is 2. The van der Waals surface area contributed by atoms with E-state index in [2.05, 4.69) is 4.98 Å². The van der Waals surface area contributed by atoms with Crippen molar-refractivity contribution in [3.05, 3.63) is 89.3 Å². The van der Waals surface area contributed by atoms with Gasteiger partial charge >= 0.3 is 5.92 Å². The number of hydrogen-bond acceptors (Lipinski definition) is 5. The van der Waals surface area contributed by atoms with Crippen LogP contribution in [0.15, 0.2) is 66.5 Å². The highest BCUT2D eigenvalue weighted by molar-refractivity contribution is 5.88. The van der Waals surface area contributed by atoms with Crippen LogP contribution in [0.3, 0.4) is 0 Å². The summed E-state index contributed by atoms with van der Waals surface area (Å²) in [7, 11) is 0. The molecule has 7 rings (SSSR count). The topological polar surface area (TPSA) is 85.7 Å². The molecule has 0 atom stereocenters. The Balaban J connectivity index is 1.46. The molecule has 0 saturated heterocycles. The summed E-state index contributed by atoms with van der Waals surface area (Å²) in [5.41, 5.74) is 7.75. The second-order valence-electron chi connectivity index (χ2n) is 9.02. The van der Waals surface area contributed by atoms with Gasteiger partial charge < -0.3 is 15.6 Å². The van der Waals surface area contributed by atoms with Crippen LogP contribution >= 0.6 is 0 Å². The van der Waals surface area contributed by atoms with E-state index in [-0.39, 0.29) is 24.6 Å². The smallest absolute Gasteiger partial charge is 0.301 e. The lowest BCUT2D eigenvalue weighted by molar-refractivity contribution is -0.103. The van der Waals surface area contributed by atoms with Gasteiger partial charge in [-0.15, -0.1) is 0 Å². The zero-order valence-electron chi connectivity index (χ0n) is 18.5. The maximum absolute atomic E-state index is 15.1. The third-order valence-corrected chi connectivity index (χ3v) is 6.88. The minimum atomic E-state index is -3.50. The lowest BCUT2D eigenvalue weighted by Gasteiger charge is -2.47. The summed E-state index contributed by atoms with van der Waals surface area (Å²) in [6.07, 6.45) is 4.46. The number of hydrogen-bond donors (Lipinski definition) is 2. The lowest BCUT2D eigenvalue weighted by atomic mass is 9.71. The molecule has 2 bridgehead atoms. The Hall–Kier alpha value is -3.69. The summed E-state index contributed by atoms with van der Waals surface area (Å²) in [6, 6.07) is 10.7. The molecule has 0 unspecified atom stereocenters. The normalized spacial score (nSPS) is 17.0. The van der Waals surface area contributed by atoms with Crippen molar-refractivity contribution >= 4 is 16.9 Å². The van der Waals surface area contributed by atoms with Gasteiger partial charge in [-0.2, -0.15) is 8.78 Å². The zero-order valence-corrected chi connectivity index (χ0v) is 18.5. The highest BCUT2D eigenvalue weighted by Crippen LogP contribution is 2.49. The zero-order chi connectivity index (χ0) is 24.4. The van der Waals surface area contributed by atoms with Crippen molar-refractivity contribution in [3.8, 4) is 11.3 Å². The van der Waals surface area contributed by atoms with Crippen LogP contribution in [0.5, 0.6) is 0 Å². The molecule has 178 valence electrons. The molecule has 2 aromatic heterocycles. The Morgan fingerprint density at radius 3 is 2.57 bits per heavy atom. The van der Waals surface area contributed by atoms with E-state index in [1.165, 1.54) is 36.5 Å². The van der Waals surface area contributed by atoms with Crippen LogP contribution in [0, 0.1) is 5.82 Å². The molecular formula is C26H21F3N4O2. The van der Waals surface area contributed by atoms with E-state index in [1.807, 2.05) is 0 Å². The quantitative estimate of drug-likeness (QED) is 0.439. The molecule has 6 nitrogen and oxygen atoms in total. The molecule has 3 N–H and O–H groups in total. The van der Waals surface area contributed by atoms with Gasteiger partial charge in [0.2, 0.25) is 0 Å². The van der Waals surface area contributed by atoms with Crippen molar-refractivity contribution in [2.75, 3.05) is 18.9 Å². The molecule has 0 radical (unpaired) electrons. The highest BCUT2D eigenvalue weighted by atomic mass is 19.3. The van der Waals surface area contributed by atoms with E-state index >= 15 is 13.2 Å². The number of aliphatic hydroxyl groups is 1. The van der Waals surface area contributed by atoms with Gasteiger partial charge in [-0.05, 0) is 12.1 Å². The fourth-order valence-corrected chi connectivity index (χ4v) is 4.95. The fraction of sp³-hybridized carbons (Fsp3) is 0.231. The number of anilines is 1. The summed E-state index contributed by atoms with van der Waals surface area (Å²) < 4.78 is 52.8. The number of fused-ring (bicyclic) bond motifs is 3. The minimum absolute atomic E-state index is 0.0481. The SMILES string of the molecule is Nc1nccn2c(C3=C4CC(CO)(C4)OC3)nc(-c3ccc(C(F)(F)c4ccccc4)c(F)c3)c12. The Morgan fingerprint density at radius 2 is 1.91 bits per heavy atom. The predicted octanol–water partition coefficient (Wildman–Crippen LogP) is 4.57. The van der Waals surface area contributed by atoms with E-state index in [0.29, 0.717) is 35.4 Å². The first-order valence-corrected chi connectivity index (χ1v) is 11.2. The molecule has 2 aliphatic heterocycles. The van der Waals surface area contributed by atoms with Crippen molar-refractivity contribution in [3.63, 3.8) is 0 Å². The van der Waals surface area contributed by atoms with E-state index in [0.717, 1.165) is 23.3 Å². The molecule has 0 amide bonds. The average Bonchev–Trinajstić information content (AvgIpc) is 3.24. The molecule has 4 aromatic rings. The monoisotopic (exact) mass is 478 g/mol. The van der Waals surface area contributed by atoms with E-state index in [9.17, 15) is 5.11 Å². The summed E-state index contributed by atoms with van der Waals surface area (Å²) in [4.78, 5) is 8.89. The molecule has 2 aromatic carbocycles. The maximum Gasteiger partial charge on any atom is 0.301 e. The van der Waals surface area contributed by atoms with Crippen molar-refractivity contribution in [1.29, 1.82) is 0 Å². The van der Waals surface area contributed by atoms with Gasteiger partial charge in [0, 0.05) is 41.9 Å². The van der Waals surface area contributed by atoms with Crippen LogP contribution in [0.4, 0.5) is 19.0 Å². The number of ether oxygens (including phenoxy) is 1. The summed E-state index contributed by atoms with van der Waals surface area (Å²) in [5, 5.41) is 9.60. The Kier molecular flexibility index (Phi) is 4.77. The van der Waals surface area contributed by atoms with Crippen LogP contribution in [0.25, 0.3) is 22.3 Å². The number of imidazole rings is 1. The average molecular weight is 478 g/mol. The van der Waals surface area contributed by atoms with Gasteiger partial charge in [0.05, 0.1) is 24.4 Å². The predicted molar refractivity (Wildman–Crippen MR) is 124 cm³/mol. The number of aromatic nitrogens is 3. The summed E-state index contributed by atoms with van der Waals surface area (Å²) in [5.74, 6) is -3.79. The number of nitrogens with two attached hydrogens (primary N) is 1. The summed E-state index contributed by atoms with van der Waals surface area (Å²) in [6.45, 7) is 0.223. The fourth-order valence-electron chi connectivity index (χ4n) is 4.95. The third-order valence-electron chi connectivity index (χ3n) is 6.88. The second kappa shape index (κ2) is 7.66. The van der Waals surface area contributed by atoms with Gasteiger partial charge in [0.25, 0.3) is 0 Å².